The quantitative estimate of drug-likeness (QED) is 0.694. The van der Waals surface area contributed by atoms with Crippen molar-refractivity contribution in [3.8, 4) is 0 Å². The molecule has 1 amide bonds. The van der Waals surface area contributed by atoms with E-state index < -0.39 is 0 Å². The van der Waals surface area contributed by atoms with E-state index in [-0.39, 0.29) is 5.91 Å². The molecule has 3 N–H and O–H groups in total. The number of nitrogens with two attached hydrogens (primary N) is 1. The summed E-state index contributed by atoms with van der Waals surface area (Å²) in [6, 6.07) is 1.79. The van der Waals surface area contributed by atoms with Crippen molar-refractivity contribution in [2.45, 2.75) is 26.2 Å². The lowest BCUT2D eigenvalue weighted by molar-refractivity contribution is 0.0943. The SMILES string of the molecule is Cc1cc(C(=O)NCCCCCN)n(C)n1. The second-order valence-corrected chi connectivity index (χ2v) is 3.90. The third-order valence-electron chi connectivity index (χ3n) is 2.40. The van der Waals surface area contributed by atoms with Gasteiger partial charge in [0.15, 0.2) is 0 Å². The normalized spacial score (nSPS) is 10.4. The van der Waals surface area contributed by atoms with Gasteiger partial charge in [0.1, 0.15) is 5.69 Å². The van der Waals surface area contributed by atoms with E-state index >= 15 is 0 Å². The van der Waals surface area contributed by atoms with E-state index in [9.17, 15) is 4.79 Å². The molecule has 90 valence electrons. The Morgan fingerprint density at radius 3 is 2.81 bits per heavy atom. The van der Waals surface area contributed by atoms with Gasteiger partial charge < -0.3 is 11.1 Å². The number of rotatable bonds is 6. The van der Waals surface area contributed by atoms with Gasteiger partial charge in [-0.2, -0.15) is 5.10 Å². The third kappa shape index (κ3) is 3.66. The zero-order valence-corrected chi connectivity index (χ0v) is 9.99. The number of amides is 1. The first kappa shape index (κ1) is 12.7. The van der Waals surface area contributed by atoms with Crippen molar-refractivity contribution >= 4 is 5.91 Å². The molecular formula is C11H20N4O. The highest BCUT2D eigenvalue weighted by atomic mass is 16.2. The van der Waals surface area contributed by atoms with Gasteiger partial charge in [0, 0.05) is 13.6 Å². The molecule has 0 fully saturated rings. The Morgan fingerprint density at radius 2 is 2.25 bits per heavy atom. The summed E-state index contributed by atoms with van der Waals surface area (Å²) < 4.78 is 1.60. The van der Waals surface area contributed by atoms with E-state index in [0.717, 1.165) is 31.5 Å². The summed E-state index contributed by atoms with van der Waals surface area (Å²) in [5.74, 6) is -0.0594. The summed E-state index contributed by atoms with van der Waals surface area (Å²) in [6.07, 6.45) is 3.04. The number of carbonyl (C=O) groups excluding carboxylic acids is 1. The second-order valence-electron chi connectivity index (χ2n) is 3.90. The molecule has 1 heterocycles. The minimum atomic E-state index is -0.0594. The molecule has 0 aromatic carbocycles. The zero-order chi connectivity index (χ0) is 12.0. The maximum absolute atomic E-state index is 11.7. The van der Waals surface area contributed by atoms with Crippen molar-refractivity contribution in [3.05, 3.63) is 17.5 Å². The summed E-state index contributed by atoms with van der Waals surface area (Å²) in [7, 11) is 1.77. The first-order valence-corrected chi connectivity index (χ1v) is 5.64. The van der Waals surface area contributed by atoms with Crippen molar-refractivity contribution < 1.29 is 4.79 Å². The van der Waals surface area contributed by atoms with Crippen molar-refractivity contribution in [1.82, 2.24) is 15.1 Å². The zero-order valence-electron chi connectivity index (χ0n) is 9.99. The predicted molar refractivity (Wildman–Crippen MR) is 63.2 cm³/mol. The Labute approximate surface area is 96.0 Å². The molecule has 0 aliphatic carbocycles. The van der Waals surface area contributed by atoms with Crippen LogP contribution in [0, 0.1) is 6.92 Å². The lowest BCUT2D eigenvalue weighted by atomic mass is 10.2. The van der Waals surface area contributed by atoms with E-state index in [1.165, 1.54) is 0 Å². The van der Waals surface area contributed by atoms with Gasteiger partial charge in [0.05, 0.1) is 5.69 Å². The molecule has 5 nitrogen and oxygen atoms in total. The summed E-state index contributed by atoms with van der Waals surface area (Å²) in [4.78, 5) is 11.7. The summed E-state index contributed by atoms with van der Waals surface area (Å²) in [6.45, 7) is 3.29. The monoisotopic (exact) mass is 224 g/mol. The van der Waals surface area contributed by atoms with Crippen LogP contribution in [0.15, 0.2) is 6.07 Å². The first-order valence-electron chi connectivity index (χ1n) is 5.64. The van der Waals surface area contributed by atoms with Crippen LogP contribution in [0.2, 0.25) is 0 Å². The molecule has 0 aliphatic rings. The molecule has 1 aromatic heterocycles. The van der Waals surface area contributed by atoms with Gasteiger partial charge in [0.2, 0.25) is 0 Å². The lowest BCUT2D eigenvalue weighted by Crippen LogP contribution is -2.26. The number of nitrogens with one attached hydrogen (secondary N) is 1. The van der Waals surface area contributed by atoms with E-state index in [2.05, 4.69) is 10.4 Å². The fourth-order valence-corrected chi connectivity index (χ4v) is 1.56. The average Bonchev–Trinajstić information content (AvgIpc) is 2.57. The third-order valence-corrected chi connectivity index (χ3v) is 2.40. The maximum atomic E-state index is 11.7. The van der Waals surface area contributed by atoms with Gasteiger partial charge in [-0.3, -0.25) is 9.48 Å². The highest BCUT2D eigenvalue weighted by Crippen LogP contribution is 2.01. The number of hydrogen-bond acceptors (Lipinski definition) is 3. The number of nitrogens with zero attached hydrogens (tertiary/aromatic N) is 2. The molecule has 16 heavy (non-hydrogen) atoms. The van der Waals surface area contributed by atoms with Gasteiger partial charge in [-0.1, -0.05) is 6.42 Å². The molecule has 0 aliphatic heterocycles. The smallest absolute Gasteiger partial charge is 0.269 e. The van der Waals surface area contributed by atoms with Gasteiger partial charge >= 0.3 is 0 Å². The minimum Gasteiger partial charge on any atom is -0.351 e. The molecule has 0 saturated heterocycles. The van der Waals surface area contributed by atoms with Crippen LogP contribution in [-0.4, -0.2) is 28.8 Å². The Hall–Kier alpha value is -1.36. The Bertz CT molecular complexity index is 346. The van der Waals surface area contributed by atoms with Crippen molar-refractivity contribution in [2.75, 3.05) is 13.1 Å². The fraction of sp³-hybridized carbons (Fsp3) is 0.636. The summed E-state index contributed by atoms with van der Waals surface area (Å²) >= 11 is 0. The van der Waals surface area contributed by atoms with Crippen LogP contribution in [0.5, 0.6) is 0 Å². The Morgan fingerprint density at radius 1 is 1.50 bits per heavy atom. The molecule has 0 unspecified atom stereocenters. The van der Waals surface area contributed by atoms with Crippen LogP contribution in [0.3, 0.4) is 0 Å². The molecule has 0 atom stereocenters. The van der Waals surface area contributed by atoms with Crippen LogP contribution in [-0.2, 0) is 7.05 Å². The number of carbonyl (C=O) groups is 1. The standard InChI is InChI=1S/C11H20N4O/c1-9-8-10(15(2)14-9)11(16)13-7-5-3-4-6-12/h8H,3-7,12H2,1-2H3,(H,13,16). The lowest BCUT2D eigenvalue weighted by Gasteiger charge is -2.04. The van der Waals surface area contributed by atoms with Gasteiger partial charge in [-0.15, -0.1) is 0 Å². The van der Waals surface area contributed by atoms with Crippen molar-refractivity contribution in [2.24, 2.45) is 12.8 Å². The molecular weight excluding hydrogens is 204 g/mol. The van der Waals surface area contributed by atoms with E-state index in [1.54, 1.807) is 17.8 Å². The van der Waals surface area contributed by atoms with Crippen LogP contribution in [0.25, 0.3) is 0 Å². The molecule has 0 saturated carbocycles. The van der Waals surface area contributed by atoms with Crippen LogP contribution >= 0.6 is 0 Å². The van der Waals surface area contributed by atoms with E-state index in [1.807, 2.05) is 6.92 Å². The van der Waals surface area contributed by atoms with Gasteiger partial charge in [-0.25, -0.2) is 0 Å². The molecule has 1 rings (SSSR count). The first-order chi connectivity index (χ1) is 7.65. The topological polar surface area (TPSA) is 72.9 Å². The molecule has 5 heteroatoms. The largest absolute Gasteiger partial charge is 0.351 e. The molecule has 0 bridgehead atoms. The number of unbranched alkanes of at least 4 members (excludes halogenated alkanes) is 2. The van der Waals surface area contributed by atoms with Crippen molar-refractivity contribution in [3.63, 3.8) is 0 Å². The highest BCUT2D eigenvalue weighted by Gasteiger charge is 2.10. The van der Waals surface area contributed by atoms with Crippen LogP contribution < -0.4 is 11.1 Å². The highest BCUT2D eigenvalue weighted by molar-refractivity contribution is 5.92. The van der Waals surface area contributed by atoms with Crippen molar-refractivity contribution in [1.29, 1.82) is 0 Å². The second kappa shape index (κ2) is 6.27. The summed E-state index contributed by atoms with van der Waals surface area (Å²) in [5.41, 5.74) is 6.85. The number of aryl methyl sites for hydroxylation is 2. The molecule has 1 aromatic rings. The Kier molecular flexibility index (Phi) is 4.98. The average molecular weight is 224 g/mol. The van der Waals surface area contributed by atoms with E-state index in [4.69, 9.17) is 5.73 Å². The van der Waals surface area contributed by atoms with E-state index in [0.29, 0.717) is 12.2 Å². The molecule has 0 radical (unpaired) electrons. The molecule has 0 spiro atoms. The van der Waals surface area contributed by atoms with Gasteiger partial charge in [-0.05, 0) is 32.4 Å². The summed E-state index contributed by atoms with van der Waals surface area (Å²) in [5, 5.41) is 7.00. The predicted octanol–water partition coefficient (Wildman–Crippen LogP) is 0.587. The minimum absolute atomic E-state index is 0.0594. The Balaban J connectivity index is 2.33. The van der Waals surface area contributed by atoms with Crippen LogP contribution in [0.1, 0.15) is 35.4 Å². The maximum Gasteiger partial charge on any atom is 0.269 e. The number of aromatic nitrogens is 2. The van der Waals surface area contributed by atoms with Crippen LogP contribution in [0.4, 0.5) is 0 Å². The van der Waals surface area contributed by atoms with Gasteiger partial charge in [0.25, 0.3) is 5.91 Å². The fourth-order valence-electron chi connectivity index (χ4n) is 1.56. The number of hydrogen-bond donors (Lipinski definition) is 2.